The summed E-state index contributed by atoms with van der Waals surface area (Å²) >= 11 is 0. The summed E-state index contributed by atoms with van der Waals surface area (Å²) in [7, 11) is 0. The van der Waals surface area contributed by atoms with Crippen LogP contribution < -0.4 is 0 Å². The topological polar surface area (TPSA) is 0 Å². The molecule has 2 fully saturated rings. The molecule has 0 aromatic rings. The predicted octanol–water partition coefficient (Wildman–Crippen LogP) is 4.64. The molecule has 0 saturated heterocycles. The van der Waals surface area contributed by atoms with Crippen LogP contribution in [-0.4, -0.2) is 0 Å². The van der Waals surface area contributed by atoms with Gasteiger partial charge in [-0.25, -0.2) is 0 Å². The Morgan fingerprint density at radius 2 is 2.00 bits per heavy atom. The van der Waals surface area contributed by atoms with Crippen LogP contribution in [0.4, 0.5) is 0 Å². The van der Waals surface area contributed by atoms with Crippen LogP contribution in [0, 0.1) is 23.2 Å². The SMILES string of the molecule is CCC1(C(C)CC2CCC(C)C2)CC1. The molecule has 0 aliphatic heterocycles. The second kappa shape index (κ2) is 3.87. The van der Waals surface area contributed by atoms with E-state index < -0.39 is 0 Å². The summed E-state index contributed by atoms with van der Waals surface area (Å²) in [5.41, 5.74) is 0.797. The molecule has 0 aromatic heterocycles. The second-order valence-corrected chi connectivity index (χ2v) is 6.14. The van der Waals surface area contributed by atoms with Gasteiger partial charge in [-0.15, -0.1) is 0 Å². The number of hydrogen-bond donors (Lipinski definition) is 0. The Morgan fingerprint density at radius 3 is 2.43 bits per heavy atom. The molecule has 82 valence electrons. The van der Waals surface area contributed by atoms with Crippen molar-refractivity contribution in [1.29, 1.82) is 0 Å². The Hall–Kier alpha value is 0. The fourth-order valence-corrected chi connectivity index (χ4v) is 3.64. The lowest BCUT2D eigenvalue weighted by atomic mass is 9.81. The highest BCUT2D eigenvalue weighted by molar-refractivity contribution is 4.96. The maximum Gasteiger partial charge on any atom is -0.0274 e. The van der Waals surface area contributed by atoms with E-state index in [0.29, 0.717) is 0 Å². The van der Waals surface area contributed by atoms with Crippen LogP contribution in [-0.2, 0) is 0 Å². The van der Waals surface area contributed by atoms with Crippen molar-refractivity contribution in [1.82, 2.24) is 0 Å². The third-order valence-electron chi connectivity index (χ3n) is 5.13. The Morgan fingerprint density at radius 1 is 1.29 bits per heavy atom. The minimum atomic E-state index is 0.797. The molecule has 0 amide bonds. The summed E-state index contributed by atoms with van der Waals surface area (Å²) in [5.74, 6) is 3.09. The van der Waals surface area contributed by atoms with Crippen LogP contribution in [0.2, 0.25) is 0 Å². The van der Waals surface area contributed by atoms with Crippen LogP contribution in [0.25, 0.3) is 0 Å². The lowest BCUT2D eigenvalue weighted by molar-refractivity contribution is 0.257. The molecule has 14 heavy (non-hydrogen) atoms. The molecule has 2 saturated carbocycles. The Kier molecular flexibility index (Phi) is 2.91. The molecular weight excluding hydrogens is 168 g/mol. The van der Waals surface area contributed by atoms with Gasteiger partial charge in [-0.05, 0) is 48.9 Å². The molecule has 0 bridgehead atoms. The molecule has 0 nitrogen and oxygen atoms in total. The molecular formula is C14H26. The van der Waals surface area contributed by atoms with Gasteiger partial charge in [0.1, 0.15) is 0 Å². The van der Waals surface area contributed by atoms with E-state index in [-0.39, 0.29) is 0 Å². The normalized spacial score (nSPS) is 37.1. The zero-order chi connectivity index (χ0) is 10.2. The smallest absolute Gasteiger partial charge is 0.0274 e. The van der Waals surface area contributed by atoms with E-state index in [2.05, 4.69) is 20.8 Å². The molecule has 0 spiro atoms. The van der Waals surface area contributed by atoms with Gasteiger partial charge >= 0.3 is 0 Å². The quantitative estimate of drug-likeness (QED) is 0.611. The average Bonchev–Trinajstić information content (AvgIpc) is 2.87. The first kappa shape index (κ1) is 10.5. The summed E-state index contributed by atoms with van der Waals surface area (Å²) < 4.78 is 0. The molecule has 0 aromatic carbocycles. The minimum absolute atomic E-state index is 0.797. The van der Waals surface area contributed by atoms with Crippen molar-refractivity contribution in [3.8, 4) is 0 Å². The van der Waals surface area contributed by atoms with E-state index in [1.54, 1.807) is 0 Å². The summed E-state index contributed by atoms with van der Waals surface area (Å²) in [6.07, 6.45) is 10.5. The van der Waals surface area contributed by atoms with Crippen molar-refractivity contribution >= 4 is 0 Å². The highest BCUT2D eigenvalue weighted by Gasteiger charge is 2.45. The first-order valence-electron chi connectivity index (χ1n) is 6.66. The van der Waals surface area contributed by atoms with E-state index in [4.69, 9.17) is 0 Å². The molecule has 0 heterocycles. The molecule has 0 heteroatoms. The summed E-state index contributed by atoms with van der Waals surface area (Å²) in [6, 6.07) is 0. The summed E-state index contributed by atoms with van der Waals surface area (Å²) in [6.45, 7) is 7.33. The van der Waals surface area contributed by atoms with Crippen LogP contribution in [0.3, 0.4) is 0 Å². The van der Waals surface area contributed by atoms with E-state index in [9.17, 15) is 0 Å². The third-order valence-corrected chi connectivity index (χ3v) is 5.13. The van der Waals surface area contributed by atoms with Gasteiger partial charge in [-0.1, -0.05) is 40.0 Å². The first-order chi connectivity index (χ1) is 6.66. The van der Waals surface area contributed by atoms with Gasteiger partial charge in [0.2, 0.25) is 0 Å². The van der Waals surface area contributed by atoms with E-state index in [1.807, 2.05) is 0 Å². The van der Waals surface area contributed by atoms with E-state index in [1.165, 1.54) is 44.9 Å². The zero-order valence-electron chi connectivity index (χ0n) is 10.2. The molecule has 0 radical (unpaired) electrons. The van der Waals surface area contributed by atoms with Crippen molar-refractivity contribution < 1.29 is 0 Å². The third kappa shape index (κ3) is 1.99. The van der Waals surface area contributed by atoms with Crippen LogP contribution in [0.1, 0.15) is 65.7 Å². The Labute approximate surface area is 89.5 Å². The van der Waals surface area contributed by atoms with Crippen molar-refractivity contribution in [3.05, 3.63) is 0 Å². The van der Waals surface area contributed by atoms with Gasteiger partial charge in [0.05, 0.1) is 0 Å². The summed E-state index contributed by atoms with van der Waals surface area (Å²) in [4.78, 5) is 0. The van der Waals surface area contributed by atoms with Gasteiger partial charge in [0.25, 0.3) is 0 Å². The standard InChI is InChI=1S/C14H26/c1-4-14(7-8-14)12(3)10-13-6-5-11(2)9-13/h11-13H,4-10H2,1-3H3. The zero-order valence-corrected chi connectivity index (χ0v) is 10.2. The van der Waals surface area contributed by atoms with Crippen LogP contribution >= 0.6 is 0 Å². The van der Waals surface area contributed by atoms with Crippen molar-refractivity contribution in [2.24, 2.45) is 23.2 Å². The molecule has 2 rings (SSSR count). The summed E-state index contributed by atoms with van der Waals surface area (Å²) in [5, 5.41) is 0. The molecule has 2 aliphatic rings. The van der Waals surface area contributed by atoms with Crippen molar-refractivity contribution in [2.75, 3.05) is 0 Å². The fourth-order valence-electron chi connectivity index (χ4n) is 3.64. The molecule has 3 atom stereocenters. The lowest BCUT2D eigenvalue weighted by Gasteiger charge is -2.24. The lowest BCUT2D eigenvalue weighted by Crippen LogP contribution is -2.15. The molecule has 2 aliphatic carbocycles. The average molecular weight is 194 g/mol. The highest BCUT2D eigenvalue weighted by atomic mass is 14.5. The number of rotatable bonds is 4. The van der Waals surface area contributed by atoms with Gasteiger partial charge in [-0.3, -0.25) is 0 Å². The maximum atomic E-state index is 2.51. The van der Waals surface area contributed by atoms with Crippen LogP contribution in [0.5, 0.6) is 0 Å². The predicted molar refractivity (Wildman–Crippen MR) is 62.2 cm³/mol. The van der Waals surface area contributed by atoms with Gasteiger partial charge in [0.15, 0.2) is 0 Å². The monoisotopic (exact) mass is 194 g/mol. The Balaban J connectivity index is 1.80. The Bertz CT molecular complexity index is 190. The van der Waals surface area contributed by atoms with E-state index in [0.717, 1.165) is 23.2 Å². The largest absolute Gasteiger partial charge is 0.0648 e. The molecule has 3 unspecified atom stereocenters. The fraction of sp³-hybridized carbons (Fsp3) is 1.00. The van der Waals surface area contributed by atoms with Crippen molar-refractivity contribution in [3.63, 3.8) is 0 Å². The highest BCUT2D eigenvalue weighted by Crippen LogP contribution is 2.57. The first-order valence-corrected chi connectivity index (χ1v) is 6.66. The minimum Gasteiger partial charge on any atom is -0.0648 e. The maximum absolute atomic E-state index is 2.51. The van der Waals surface area contributed by atoms with Crippen molar-refractivity contribution in [2.45, 2.75) is 65.7 Å². The number of hydrogen-bond acceptors (Lipinski definition) is 0. The van der Waals surface area contributed by atoms with Gasteiger partial charge in [0, 0.05) is 0 Å². The van der Waals surface area contributed by atoms with Crippen LogP contribution in [0.15, 0.2) is 0 Å². The molecule has 0 N–H and O–H groups in total. The second-order valence-electron chi connectivity index (χ2n) is 6.14. The van der Waals surface area contributed by atoms with Gasteiger partial charge < -0.3 is 0 Å². The van der Waals surface area contributed by atoms with Gasteiger partial charge in [-0.2, -0.15) is 0 Å². The van der Waals surface area contributed by atoms with E-state index >= 15 is 0 Å².